The molecule has 1 fully saturated rings. The molecule has 2 aliphatic rings. The van der Waals surface area contributed by atoms with E-state index < -0.39 is 11.6 Å². The third kappa shape index (κ3) is 3.96. The van der Waals surface area contributed by atoms with E-state index in [2.05, 4.69) is 18.7 Å². The molecule has 0 spiro atoms. The third-order valence-corrected chi connectivity index (χ3v) is 6.76. The monoisotopic (exact) mass is 477 g/mol. The fraction of sp³-hybridized carbons (Fsp3) is 0.370. The molecule has 1 saturated heterocycles. The number of aromatic nitrogens is 2. The lowest BCUT2D eigenvalue weighted by Crippen LogP contribution is -2.53. The highest BCUT2D eigenvalue weighted by Crippen LogP contribution is 2.56. The summed E-state index contributed by atoms with van der Waals surface area (Å²) in [6.45, 7) is 5.78. The van der Waals surface area contributed by atoms with Gasteiger partial charge in [-0.25, -0.2) is 18.3 Å². The molecule has 1 atom stereocenters. The van der Waals surface area contributed by atoms with Crippen LogP contribution in [0.15, 0.2) is 61.2 Å². The molecule has 0 N–H and O–H groups in total. The summed E-state index contributed by atoms with van der Waals surface area (Å²) < 4.78 is 23.2. The van der Waals surface area contributed by atoms with Crippen LogP contribution in [-0.2, 0) is 28.8 Å². The number of carbonyl (C=O) groups is 2. The van der Waals surface area contributed by atoms with E-state index in [9.17, 15) is 14.0 Å². The quantitative estimate of drug-likeness (QED) is 0.384. The Labute approximate surface area is 204 Å². The maximum absolute atomic E-state index is 13.8. The van der Waals surface area contributed by atoms with Crippen molar-refractivity contribution in [1.82, 2.24) is 4.57 Å². The molecule has 3 heterocycles. The van der Waals surface area contributed by atoms with Gasteiger partial charge < -0.3 is 9.64 Å². The van der Waals surface area contributed by atoms with Crippen LogP contribution >= 0.6 is 0 Å². The summed E-state index contributed by atoms with van der Waals surface area (Å²) in [7, 11) is 1.93. The number of amides is 1. The molecule has 1 amide bonds. The molecule has 2 aromatic carbocycles. The molecule has 0 bridgehead atoms. The molecule has 0 aliphatic carbocycles. The zero-order valence-electron chi connectivity index (χ0n) is 20.3. The fourth-order valence-electron chi connectivity index (χ4n) is 5.28. The lowest BCUT2D eigenvalue weighted by Gasteiger charge is -2.42. The molecule has 35 heavy (non-hydrogen) atoms. The molecular weight excluding hydrogens is 447 g/mol. The predicted molar refractivity (Wildman–Crippen MR) is 129 cm³/mol. The predicted octanol–water partition coefficient (Wildman–Crippen LogP) is 3.76. The average Bonchev–Trinajstić information content (AvgIpc) is 3.48. The summed E-state index contributed by atoms with van der Waals surface area (Å²) in [5, 5.41) is 0. The van der Waals surface area contributed by atoms with Crippen LogP contribution in [0.5, 0.6) is 0 Å². The number of nitrogens with zero attached hydrogens (tertiary/aromatic N) is 4. The first-order chi connectivity index (χ1) is 16.8. The van der Waals surface area contributed by atoms with Crippen LogP contribution in [0.2, 0.25) is 0 Å². The molecule has 1 unspecified atom stereocenters. The van der Waals surface area contributed by atoms with E-state index in [0.717, 1.165) is 11.3 Å². The van der Waals surface area contributed by atoms with Gasteiger partial charge in [0.25, 0.3) is 0 Å². The van der Waals surface area contributed by atoms with E-state index >= 15 is 0 Å². The van der Waals surface area contributed by atoms with E-state index in [1.165, 1.54) is 12.1 Å². The van der Waals surface area contributed by atoms with Crippen LogP contribution in [0.1, 0.15) is 42.6 Å². The van der Waals surface area contributed by atoms with Gasteiger partial charge in [-0.15, -0.1) is 0 Å². The summed E-state index contributed by atoms with van der Waals surface area (Å²) >= 11 is 0. The first-order valence-corrected chi connectivity index (χ1v) is 12.0. The maximum atomic E-state index is 13.8. The minimum absolute atomic E-state index is 0.00664. The average molecular weight is 478 g/mol. The maximum Gasteiger partial charge on any atom is 0.338 e. The van der Waals surface area contributed by atoms with Crippen LogP contribution < -0.4 is 14.4 Å². The molecule has 1 aromatic heterocycles. The topological polar surface area (TPSA) is 58.7 Å². The first kappa shape index (κ1) is 23.1. The van der Waals surface area contributed by atoms with Crippen LogP contribution in [0.4, 0.5) is 15.8 Å². The van der Waals surface area contributed by atoms with E-state index in [1.54, 1.807) is 29.2 Å². The molecule has 7 nitrogen and oxygen atoms in total. The van der Waals surface area contributed by atoms with Gasteiger partial charge in [0.1, 0.15) is 37.0 Å². The highest BCUT2D eigenvalue weighted by molar-refractivity contribution is 6.06. The number of anilines is 2. The molecule has 5 rings (SSSR count). The lowest BCUT2D eigenvalue weighted by molar-refractivity contribution is -0.671. The highest BCUT2D eigenvalue weighted by atomic mass is 19.1. The van der Waals surface area contributed by atoms with Crippen molar-refractivity contribution >= 4 is 23.3 Å². The van der Waals surface area contributed by atoms with Crippen molar-refractivity contribution in [3.05, 3.63) is 78.1 Å². The summed E-state index contributed by atoms with van der Waals surface area (Å²) in [6, 6.07) is 11.8. The summed E-state index contributed by atoms with van der Waals surface area (Å²) in [4.78, 5) is 30.1. The molecule has 2 aliphatic heterocycles. The second-order valence-electron chi connectivity index (χ2n) is 9.71. The van der Waals surface area contributed by atoms with Crippen molar-refractivity contribution in [3.63, 3.8) is 0 Å². The number of rotatable bonds is 7. The van der Waals surface area contributed by atoms with Crippen LogP contribution in [0, 0.1) is 11.7 Å². The Bertz CT molecular complexity index is 1270. The van der Waals surface area contributed by atoms with E-state index in [4.69, 9.17) is 4.74 Å². The van der Waals surface area contributed by atoms with Gasteiger partial charge in [0.05, 0.1) is 24.0 Å². The molecule has 3 aromatic rings. The molecular formula is C27H30FN4O3+. The number of fused-ring (bicyclic) bond motifs is 3. The van der Waals surface area contributed by atoms with Gasteiger partial charge in [-0.2, -0.15) is 0 Å². The van der Waals surface area contributed by atoms with E-state index in [1.807, 2.05) is 41.0 Å². The van der Waals surface area contributed by atoms with Gasteiger partial charge in [-0.3, -0.25) is 9.69 Å². The number of hydrogen-bond acceptors (Lipinski definition) is 4. The van der Waals surface area contributed by atoms with Crippen LogP contribution in [-0.4, -0.2) is 29.6 Å². The zero-order valence-corrected chi connectivity index (χ0v) is 20.3. The standard InChI is InChI=1S/C27H30FN4O3/c1-19(2)17-31-23-9-4-20(26(34)35-15-14-30-13-12-29(3)18-30)16-24(23)32-25(33)10-11-27(31,32)21-5-7-22(28)8-6-21/h4-9,12-13,16,18-19H,10-11,14-15,17H2,1-3H3/q+1. The van der Waals surface area contributed by atoms with E-state index in [0.29, 0.717) is 43.1 Å². The minimum atomic E-state index is -0.732. The first-order valence-electron chi connectivity index (χ1n) is 12.0. The van der Waals surface area contributed by atoms with Crippen molar-refractivity contribution in [3.8, 4) is 0 Å². The SMILES string of the molecule is CC(C)CN1c2ccc(C(=O)OCCn3cc[n+](C)c3)cc2N2C(=O)CCC12c1ccc(F)cc1. The number of carbonyl (C=O) groups excluding carboxylic acids is 2. The van der Waals surface area contributed by atoms with Gasteiger partial charge in [0.15, 0.2) is 0 Å². The second kappa shape index (κ2) is 8.83. The third-order valence-electron chi connectivity index (χ3n) is 6.76. The Kier molecular flexibility index (Phi) is 5.83. The van der Waals surface area contributed by atoms with Gasteiger partial charge in [0, 0.05) is 19.4 Å². The molecule has 0 saturated carbocycles. The Morgan fingerprint density at radius 2 is 1.94 bits per heavy atom. The Balaban J connectivity index is 1.47. The zero-order chi connectivity index (χ0) is 24.7. The number of hydrogen-bond donors (Lipinski definition) is 0. The van der Waals surface area contributed by atoms with Gasteiger partial charge in [-0.05, 0) is 41.8 Å². The van der Waals surface area contributed by atoms with Crippen molar-refractivity contribution in [2.24, 2.45) is 13.0 Å². The van der Waals surface area contributed by atoms with Gasteiger partial charge >= 0.3 is 5.97 Å². The Morgan fingerprint density at radius 3 is 2.63 bits per heavy atom. The fourth-order valence-corrected chi connectivity index (χ4v) is 5.28. The molecule has 0 radical (unpaired) electrons. The molecule has 182 valence electrons. The number of esters is 1. The highest BCUT2D eigenvalue weighted by Gasteiger charge is 2.57. The van der Waals surface area contributed by atoms with Crippen LogP contribution in [0.3, 0.4) is 0 Å². The number of aryl methyl sites for hydroxylation is 1. The Morgan fingerprint density at radius 1 is 1.17 bits per heavy atom. The second-order valence-corrected chi connectivity index (χ2v) is 9.71. The van der Waals surface area contributed by atoms with Gasteiger partial charge in [-0.1, -0.05) is 26.0 Å². The van der Waals surface area contributed by atoms with Crippen molar-refractivity contribution in [2.45, 2.75) is 38.9 Å². The summed E-state index contributed by atoms with van der Waals surface area (Å²) in [5.74, 6) is -0.417. The summed E-state index contributed by atoms with van der Waals surface area (Å²) in [6.07, 6.45) is 6.73. The number of halogens is 1. The van der Waals surface area contributed by atoms with Crippen LogP contribution in [0.25, 0.3) is 0 Å². The van der Waals surface area contributed by atoms with Crippen molar-refractivity contribution in [2.75, 3.05) is 23.0 Å². The minimum Gasteiger partial charge on any atom is -0.458 e. The molecule has 8 heteroatoms. The lowest BCUT2D eigenvalue weighted by atomic mass is 9.94. The normalized spacial score (nSPS) is 18.8. The smallest absolute Gasteiger partial charge is 0.338 e. The number of ether oxygens (including phenoxy) is 1. The van der Waals surface area contributed by atoms with Crippen molar-refractivity contribution < 1.29 is 23.3 Å². The van der Waals surface area contributed by atoms with Gasteiger partial charge in [0.2, 0.25) is 12.2 Å². The summed E-state index contributed by atoms with van der Waals surface area (Å²) in [5.41, 5.74) is 2.13. The van der Waals surface area contributed by atoms with Crippen molar-refractivity contribution in [1.29, 1.82) is 0 Å². The largest absolute Gasteiger partial charge is 0.458 e. The van der Waals surface area contributed by atoms with E-state index in [-0.39, 0.29) is 18.3 Å². The number of benzene rings is 2. The number of imidazole rings is 1. The Hall–Kier alpha value is -3.68.